The predicted molar refractivity (Wildman–Crippen MR) is 63.5 cm³/mol. The molecule has 0 aliphatic rings. The summed E-state index contributed by atoms with van der Waals surface area (Å²) in [6.45, 7) is -2.40. The Morgan fingerprint density at radius 1 is 1.26 bits per heavy atom. The van der Waals surface area contributed by atoms with E-state index in [0.29, 0.717) is 0 Å². The molecule has 0 saturated carbocycles. The molecule has 0 spiro atoms. The number of aliphatic hydroxyl groups is 3. The predicted octanol–water partition coefficient (Wildman–Crippen LogP) is -3.63. The monoisotopic (exact) mass is 273 g/mol. The quantitative estimate of drug-likeness (QED) is 0.361. The van der Waals surface area contributed by atoms with E-state index in [4.69, 9.17) is 15.3 Å². The van der Waals surface area contributed by atoms with Crippen molar-refractivity contribution in [1.82, 2.24) is 14.9 Å². The first-order valence-electron chi connectivity index (χ1n) is 5.40. The number of hydrogen-bond acceptors (Lipinski definition) is 6. The number of amides is 1. The second-order valence-electron chi connectivity index (χ2n) is 4.04. The largest absolute Gasteiger partial charge is 0.394 e. The normalized spacial score (nSPS) is 11.3. The first-order valence-corrected chi connectivity index (χ1v) is 5.40. The number of aromatic nitrogens is 2. The fraction of sp³-hybridized carbons (Fsp3) is 0.500. The lowest BCUT2D eigenvalue weighted by molar-refractivity contribution is -0.126. The Kier molecular flexibility index (Phi) is 4.98. The summed E-state index contributed by atoms with van der Waals surface area (Å²) >= 11 is 0. The second-order valence-corrected chi connectivity index (χ2v) is 4.04. The summed E-state index contributed by atoms with van der Waals surface area (Å²) in [6.07, 6.45) is 1.14. The zero-order chi connectivity index (χ0) is 14.5. The van der Waals surface area contributed by atoms with Crippen LogP contribution in [0.3, 0.4) is 0 Å². The molecular weight excluding hydrogens is 258 g/mol. The molecule has 1 aromatic heterocycles. The van der Waals surface area contributed by atoms with E-state index in [1.807, 2.05) is 4.98 Å². The molecule has 0 aliphatic heterocycles. The summed E-state index contributed by atoms with van der Waals surface area (Å²) < 4.78 is 0.938. The third-order valence-corrected chi connectivity index (χ3v) is 2.52. The van der Waals surface area contributed by atoms with E-state index >= 15 is 0 Å². The van der Waals surface area contributed by atoms with Crippen LogP contribution in [0.4, 0.5) is 0 Å². The number of carbonyl (C=O) groups is 1. The second kappa shape index (κ2) is 6.27. The van der Waals surface area contributed by atoms with E-state index in [2.05, 4.69) is 5.32 Å². The Morgan fingerprint density at radius 2 is 1.84 bits per heavy atom. The molecule has 0 aliphatic carbocycles. The molecule has 19 heavy (non-hydrogen) atoms. The number of rotatable bonds is 6. The molecule has 0 atom stereocenters. The van der Waals surface area contributed by atoms with Gasteiger partial charge in [-0.2, -0.15) is 0 Å². The van der Waals surface area contributed by atoms with Gasteiger partial charge in [0.05, 0.1) is 19.8 Å². The van der Waals surface area contributed by atoms with Gasteiger partial charge >= 0.3 is 5.69 Å². The smallest absolute Gasteiger partial charge is 0.328 e. The number of nitrogens with one attached hydrogen (secondary N) is 2. The first-order chi connectivity index (χ1) is 8.96. The van der Waals surface area contributed by atoms with Crippen LogP contribution in [-0.4, -0.2) is 56.1 Å². The summed E-state index contributed by atoms with van der Waals surface area (Å²) in [4.78, 5) is 35.8. The van der Waals surface area contributed by atoms with Gasteiger partial charge in [-0.25, -0.2) is 4.79 Å². The van der Waals surface area contributed by atoms with Crippen molar-refractivity contribution < 1.29 is 20.1 Å². The molecule has 0 bridgehead atoms. The summed E-state index contributed by atoms with van der Waals surface area (Å²) in [5.41, 5.74) is -2.90. The third kappa shape index (κ3) is 3.74. The Balaban J connectivity index is 2.80. The molecular formula is C10H15N3O6. The summed E-state index contributed by atoms with van der Waals surface area (Å²) in [7, 11) is 0. The van der Waals surface area contributed by atoms with E-state index in [1.54, 1.807) is 0 Å². The molecule has 9 heteroatoms. The summed E-state index contributed by atoms with van der Waals surface area (Å²) in [5.74, 6) is -0.703. The van der Waals surface area contributed by atoms with Gasteiger partial charge < -0.3 is 20.6 Å². The SMILES string of the molecule is O=C(Cn1ccc(=O)[nH]c1=O)NC(CO)(CO)CO. The van der Waals surface area contributed by atoms with Gasteiger partial charge in [0.1, 0.15) is 12.1 Å². The van der Waals surface area contributed by atoms with Gasteiger partial charge in [-0.1, -0.05) is 0 Å². The maximum absolute atomic E-state index is 11.6. The van der Waals surface area contributed by atoms with Crippen LogP contribution in [0.25, 0.3) is 0 Å². The van der Waals surface area contributed by atoms with Crippen molar-refractivity contribution in [3.8, 4) is 0 Å². The maximum atomic E-state index is 11.6. The van der Waals surface area contributed by atoms with Crippen LogP contribution in [0, 0.1) is 0 Å². The van der Waals surface area contributed by atoms with E-state index in [1.165, 1.54) is 0 Å². The minimum atomic E-state index is -1.55. The highest BCUT2D eigenvalue weighted by atomic mass is 16.3. The molecule has 1 heterocycles. The summed E-state index contributed by atoms with van der Waals surface area (Å²) in [6, 6.07) is 1.08. The number of aliphatic hydroxyl groups excluding tert-OH is 3. The van der Waals surface area contributed by atoms with Crippen molar-refractivity contribution in [2.45, 2.75) is 12.1 Å². The fourth-order valence-corrected chi connectivity index (χ4v) is 1.33. The van der Waals surface area contributed by atoms with E-state index in [0.717, 1.165) is 16.8 Å². The third-order valence-electron chi connectivity index (χ3n) is 2.52. The van der Waals surface area contributed by atoms with Crippen LogP contribution in [0.1, 0.15) is 0 Å². The Hall–Kier alpha value is -1.97. The topological polar surface area (TPSA) is 145 Å². The highest BCUT2D eigenvalue weighted by Crippen LogP contribution is 2.01. The molecule has 1 rings (SSSR count). The molecule has 106 valence electrons. The fourth-order valence-electron chi connectivity index (χ4n) is 1.33. The number of aromatic amines is 1. The van der Waals surface area contributed by atoms with Crippen LogP contribution in [0.5, 0.6) is 0 Å². The lowest BCUT2D eigenvalue weighted by Gasteiger charge is -2.28. The lowest BCUT2D eigenvalue weighted by Crippen LogP contribution is -2.58. The van der Waals surface area contributed by atoms with Crippen LogP contribution in [0.2, 0.25) is 0 Å². The van der Waals surface area contributed by atoms with Crippen molar-refractivity contribution in [2.75, 3.05) is 19.8 Å². The van der Waals surface area contributed by atoms with Crippen molar-refractivity contribution in [1.29, 1.82) is 0 Å². The zero-order valence-corrected chi connectivity index (χ0v) is 10.00. The van der Waals surface area contributed by atoms with Gasteiger partial charge in [0.25, 0.3) is 5.56 Å². The van der Waals surface area contributed by atoms with Gasteiger partial charge in [0.2, 0.25) is 5.91 Å². The van der Waals surface area contributed by atoms with Crippen LogP contribution in [0.15, 0.2) is 21.9 Å². The van der Waals surface area contributed by atoms with Crippen molar-refractivity contribution in [3.63, 3.8) is 0 Å². The molecule has 1 aromatic rings. The molecule has 0 radical (unpaired) electrons. The van der Waals surface area contributed by atoms with E-state index < -0.39 is 49.1 Å². The molecule has 0 fully saturated rings. The highest BCUT2D eigenvalue weighted by Gasteiger charge is 2.29. The average molecular weight is 273 g/mol. The summed E-state index contributed by atoms with van der Waals surface area (Å²) in [5, 5.41) is 29.3. The molecule has 1 amide bonds. The molecule has 0 unspecified atom stereocenters. The number of H-pyrrole nitrogens is 1. The highest BCUT2D eigenvalue weighted by molar-refractivity contribution is 5.76. The molecule has 0 saturated heterocycles. The molecule has 0 aromatic carbocycles. The Morgan fingerprint density at radius 3 is 2.32 bits per heavy atom. The lowest BCUT2D eigenvalue weighted by atomic mass is 10.0. The number of carbonyl (C=O) groups excluding carboxylic acids is 1. The standard InChI is InChI=1S/C10H15N3O6/c14-4-10(5-15,6-16)12-8(18)3-13-2-1-7(17)11-9(13)19/h1-2,14-16H,3-6H2,(H,12,18)(H,11,17,19). The van der Waals surface area contributed by atoms with Gasteiger partial charge in [0, 0.05) is 12.3 Å². The minimum Gasteiger partial charge on any atom is -0.394 e. The number of hydrogen-bond donors (Lipinski definition) is 5. The maximum Gasteiger partial charge on any atom is 0.328 e. The van der Waals surface area contributed by atoms with Crippen molar-refractivity contribution >= 4 is 5.91 Å². The van der Waals surface area contributed by atoms with E-state index in [-0.39, 0.29) is 0 Å². The Bertz CT molecular complexity index is 536. The molecule has 5 N–H and O–H groups in total. The Labute approximate surface area is 107 Å². The van der Waals surface area contributed by atoms with Gasteiger partial charge in [-0.15, -0.1) is 0 Å². The molecule has 9 nitrogen and oxygen atoms in total. The van der Waals surface area contributed by atoms with Crippen molar-refractivity contribution in [2.24, 2.45) is 0 Å². The minimum absolute atomic E-state index is 0.419. The van der Waals surface area contributed by atoms with Crippen LogP contribution in [-0.2, 0) is 11.3 Å². The number of nitrogens with zero attached hydrogens (tertiary/aromatic N) is 1. The van der Waals surface area contributed by atoms with Gasteiger partial charge in [0.15, 0.2) is 0 Å². The van der Waals surface area contributed by atoms with Crippen molar-refractivity contribution in [3.05, 3.63) is 33.1 Å². The average Bonchev–Trinajstić information content (AvgIpc) is 2.39. The van der Waals surface area contributed by atoms with Gasteiger partial charge in [-0.05, 0) is 0 Å². The van der Waals surface area contributed by atoms with Crippen LogP contribution >= 0.6 is 0 Å². The van der Waals surface area contributed by atoms with E-state index in [9.17, 15) is 14.4 Å². The van der Waals surface area contributed by atoms with Crippen LogP contribution < -0.4 is 16.6 Å². The zero-order valence-electron chi connectivity index (χ0n) is 10.00. The first kappa shape index (κ1) is 15.1. The van der Waals surface area contributed by atoms with Gasteiger partial charge in [-0.3, -0.25) is 19.1 Å².